The van der Waals surface area contributed by atoms with Crippen molar-refractivity contribution in [3.8, 4) is 0 Å². The number of hydrogen-bond acceptors (Lipinski definition) is 3. The molecule has 0 atom stereocenters. The Labute approximate surface area is 194 Å². The Bertz CT molecular complexity index is 1050. The van der Waals surface area contributed by atoms with E-state index in [1.807, 2.05) is 24.3 Å². The second kappa shape index (κ2) is 9.04. The first kappa shape index (κ1) is 24.0. The summed E-state index contributed by atoms with van der Waals surface area (Å²) in [6, 6.07) is 24.8. The zero-order valence-electron chi connectivity index (χ0n) is 19.0. The summed E-state index contributed by atoms with van der Waals surface area (Å²) in [5.74, 6) is 0. The molecule has 0 unspecified atom stereocenters. The van der Waals surface area contributed by atoms with Crippen molar-refractivity contribution in [3.05, 3.63) is 97.1 Å². The van der Waals surface area contributed by atoms with Gasteiger partial charge in [0.15, 0.2) is 7.14 Å². The molecule has 0 heterocycles. The minimum atomic E-state index is -3.86. The molecule has 3 aromatic carbocycles. The molecule has 0 fully saturated rings. The molecule has 0 saturated heterocycles. The van der Waals surface area contributed by atoms with Crippen molar-refractivity contribution < 1.29 is 31.2 Å². The van der Waals surface area contributed by atoms with Crippen molar-refractivity contribution in [1.29, 1.82) is 0 Å². The van der Waals surface area contributed by atoms with Crippen molar-refractivity contribution in [2.75, 3.05) is 0 Å². The summed E-state index contributed by atoms with van der Waals surface area (Å²) in [6.07, 6.45) is 0. The van der Waals surface area contributed by atoms with Crippen LogP contribution in [0.3, 0.4) is 0 Å². The van der Waals surface area contributed by atoms with Gasteiger partial charge in [0.1, 0.15) is 0 Å². The molecule has 0 aliphatic carbocycles. The average molecular weight is 551 g/mol. The van der Waals surface area contributed by atoms with Gasteiger partial charge in [-0.1, -0.05) is 84.0 Å². The molecule has 0 N–H and O–H groups in total. The lowest BCUT2D eigenvalue weighted by Crippen LogP contribution is -3.85. The van der Waals surface area contributed by atoms with Crippen molar-refractivity contribution in [2.45, 2.75) is 57.3 Å². The standard InChI is InChI=1S/C26H31IO3S/c1-25(2,3)20-12-16-22(17-13-20)27(23-18-14-21(15-19-23)26(4,5)6)30-31(28,29)24-10-8-7-9-11-24/h7-19H,1-6H3/q+1. The molecule has 31 heavy (non-hydrogen) atoms. The van der Waals surface area contributed by atoms with Crippen LogP contribution in [-0.4, -0.2) is 8.42 Å². The Balaban J connectivity index is 2.04. The van der Waals surface area contributed by atoms with Crippen LogP contribution in [0.15, 0.2) is 83.8 Å². The maximum atomic E-state index is 13.1. The molecule has 0 bridgehead atoms. The van der Waals surface area contributed by atoms with E-state index in [-0.39, 0.29) is 15.7 Å². The van der Waals surface area contributed by atoms with E-state index >= 15 is 0 Å². The van der Waals surface area contributed by atoms with Crippen molar-refractivity contribution >= 4 is 10.1 Å². The quantitative estimate of drug-likeness (QED) is 0.459. The Hall–Kier alpha value is -1.70. The first-order valence-electron chi connectivity index (χ1n) is 10.3. The molecule has 0 aliphatic rings. The van der Waals surface area contributed by atoms with Gasteiger partial charge in [-0.15, -0.1) is 0 Å². The van der Waals surface area contributed by atoms with Crippen LogP contribution in [0, 0.1) is 7.14 Å². The van der Waals surface area contributed by atoms with Gasteiger partial charge in [-0.25, -0.2) is 0 Å². The number of rotatable bonds is 5. The van der Waals surface area contributed by atoms with E-state index in [0.29, 0.717) is 0 Å². The summed E-state index contributed by atoms with van der Waals surface area (Å²) in [4.78, 5) is 0.190. The molecule has 165 valence electrons. The van der Waals surface area contributed by atoms with E-state index in [1.54, 1.807) is 30.3 Å². The molecule has 0 spiro atoms. The maximum absolute atomic E-state index is 13.1. The summed E-state index contributed by atoms with van der Waals surface area (Å²) in [7, 11) is -3.86. The van der Waals surface area contributed by atoms with Gasteiger partial charge in [0, 0.05) is 0 Å². The van der Waals surface area contributed by atoms with Gasteiger partial charge in [-0.05, 0) is 60.9 Å². The molecule has 0 saturated carbocycles. The van der Waals surface area contributed by atoms with Gasteiger partial charge in [0.2, 0.25) is 0 Å². The summed E-state index contributed by atoms with van der Waals surface area (Å²) in [5, 5.41) is 0. The first-order chi connectivity index (χ1) is 14.4. The van der Waals surface area contributed by atoms with Crippen LogP contribution in [0.25, 0.3) is 0 Å². The molecule has 0 aromatic heterocycles. The lowest BCUT2D eigenvalue weighted by atomic mass is 9.87. The molecule has 3 nitrogen and oxygen atoms in total. The van der Waals surface area contributed by atoms with Gasteiger partial charge in [0.25, 0.3) is 0 Å². The van der Waals surface area contributed by atoms with Crippen LogP contribution in [-0.2, 0) is 23.5 Å². The first-order valence-corrected chi connectivity index (χ1v) is 14.7. The van der Waals surface area contributed by atoms with E-state index in [9.17, 15) is 8.42 Å². The summed E-state index contributed by atoms with van der Waals surface area (Å²) < 4.78 is 34.0. The zero-order chi connectivity index (χ0) is 22.9. The molecule has 3 rings (SSSR count). The third-order valence-corrected chi connectivity index (χ3v) is 12.3. The van der Waals surface area contributed by atoms with Gasteiger partial charge < -0.3 is 0 Å². The maximum Gasteiger partial charge on any atom is 0.336 e. The molecule has 1 radical (unpaired) electrons. The third-order valence-electron chi connectivity index (χ3n) is 4.99. The minimum Gasteiger partial charge on any atom is -0.190 e. The smallest absolute Gasteiger partial charge is 0.190 e. The lowest BCUT2D eigenvalue weighted by molar-refractivity contribution is -1.03. The number of halogens is 1. The highest BCUT2D eigenvalue weighted by Crippen LogP contribution is 2.22. The zero-order valence-corrected chi connectivity index (χ0v) is 22.0. The van der Waals surface area contributed by atoms with Crippen LogP contribution in [0.2, 0.25) is 0 Å². The van der Waals surface area contributed by atoms with Gasteiger partial charge in [-0.2, -0.15) is 8.42 Å². The van der Waals surface area contributed by atoms with Crippen LogP contribution in [0.5, 0.6) is 0 Å². The normalized spacial score (nSPS) is 12.9. The molecule has 3 aromatic rings. The predicted octanol–water partition coefficient (Wildman–Crippen LogP) is 3.27. The largest absolute Gasteiger partial charge is 0.336 e. The number of hydrogen-bond donors (Lipinski definition) is 0. The second-order valence-corrected chi connectivity index (χ2v) is 16.1. The molecule has 0 amide bonds. The van der Waals surface area contributed by atoms with Crippen LogP contribution >= 0.6 is 0 Å². The highest BCUT2D eigenvalue weighted by Gasteiger charge is 2.38. The van der Waals surface area contributed by atoms with E-state index in [1.165, 1.54) is 11.1 Å². The van der Waals surface area contributed by atoms with Crippen LogP contribution in [0.1, 0.15) is 52.7 Å². The SMILES string of the molecule is CC(C)(C)c1ccc([I+](OS(=O)(=O)c2ccccc2)c2ccc(C(C)(C)C)cc2)cc1. The molecular weight excluding hydrogens is 519 g/mol. The fourth-order valence-corrected chi connectivity index (χ4v) is 9.94. The van der Waals surface area contributed by atoms with E-state index in [2.05, 4.69) is 65.8 Å². The van der Waals surface area contributed by atoms with E-state index < -0.39 is 30.4 Å². The monoisotopic (exact) mass is 550 g/mol. The molecule has 0 aliphatic heterocycles. The van der Waals surface area contributed by atoms with Gasteiger partial charge in [0.05, 0.1) is 4.90 Å². The average Bonchev–Trinajstić information content (AvgIpc) is 2.72. The van der Waals surface area contributed by atoms with Crippen LogP contribution in [0.4, 0.5) is 0 Å². The fourth-order valence-electron chi connectivity index (χ4n) is 3.03. The molecule has 5 heteroatoms. The van der Waals surface area contributed by atoms with Gasteiger partial charge >= 0.3 is 30.4 Å². The van der Waals surface area contributed by atoms with Crippen LogP contribution < -0.4 is 20.2 Å². The lowest BCUT2D eigenvalue weighted by Gasteiger charge is -2.19. The Kier molecular flexibility index (Phi) is 6.99. The minimum absolute atomic E-state index is 0.0307. The summed E-state index contributed by atoms with van der Waals surface area (Å²) >= 11 is -2.71. The van der Waals surface area contributed by atoms with Crippen molar-refractivity contribution in [1.82, 2.24) is 0 Å². The highest BCUT2D eigenvalue weighted by molar-refractivity contribution is 7.86. The van der Waals surface area contributed by atoms with Crippen molar-refractivity contribution in [3.63, 3.8) is 0 Å². The predicted molar refractivity (Wildman–Crippen MR) is 122 cm³/mol. The Morgan fingerprint density at radius 1 is 0.613 bits per heavy atom. The molecular formula is C26H31IO3S+. The topological polar surface area (TPSA) is 43.4 Å². The van der Waals surface area contributed by atoms with E-state index in [0.717, 1.165) is 7.14 Å². The Morgan fingerprint density at radius 3 is 1.35 bits per heavy atom. The summed E-state index contributed by atoms with van der Waals surface area (Å²) in [5.41, 5.74) is 2.48. The highest BCUT2D eigenvalue weighted by atomic mass is 127. The number of benzene rings is 3. The van der Waals surface area contributed by atoms with E-state index in [4.69, 9.17) is 2.51 Å². The van der Waals surface area contributed by atoms with Gasteiger partial charge in [-0.3, -0.25) is 0 Å². The Morgan fingerprint density at radius 2 is 1.00 bits per heavy atom. The van der Waals surface area contributed by atoms with Crippen molar-refractivity contribution in [2.24, 2.45) is 0 Å². The summed E-state index contributed by atoms with van der Waals surface area (Å²) in [6.45, 7) is 13.0. The second-order valence-electron chi connectivity index (χ2n) is 9.59. The fraction of sp³-hybridized carbons (Fsp3) is 0.308. The third kappa shape index (κ3) is 5.96.